The lowest BCUT2D eigenvalue weighted by Gasteiger charge is -2.21. The molecule has 3 rings (SSSR count). The lowest BCUT2D eigenvalue weighted by Crippen LogP contribution is -2.16. The minimum absolute atomic E-state index is 0.0312. The van der Waals surface area contributed by atoms with Gasteiger partial charge >= 0.3 is 0 Å². The molecule has 152 valence electrons. The zero-order valence-electron chi connectivity index (χ0n) is 16.7. The molecule has 0 aliphatic heterocycles. The summed E-state index contributed by atoms with van der Waals surface area (Å²) in [5.74, 6) is -0.566. The van der Waals surface area contributed by atoms with Crippen molar-refractivity contribution in [1.82, 2.24) is 0 Å². The van der Waals surface area contributed by atoms with Crippen molar-refractivity contribution in [3.8, 4) is 5.75 Å². The van der Waals surface area contributed by atoms with Crippen LogP contribution in [-0.2, 0) is 13.0 Å². The van der Waals surface area contributed by atoms with E-state index in [-0.39, 0.29) is 18.1 Å². The maximum atomic E-state index is 14.9. The topological polar surface area (TPSA) is 23.5 Å². The van der Waals surface area contributed by atoms with Crippen LogP contribution in [0.3, 0.4) is 0 Å². The number of hydrogen-bond acceptors (Lipinski definition) is 2. The molecule has 0 spiro atoms. The molecule has 1 N–H and O–H groups in total. The first-order valence-electron chi connectivity index (χ1n) is 9.51. The van der Waals surface area contributed by atoms with Crippen molar-refractivity contribution in [3.63, 3.8) is 0 Å². The number of phenols is 1. The van der Waals surface area contributed by atoms with E-state index < -0.39 is 5.82 Å². The highest BCUT2D eigenvalue weighted by Gasteiger charge is 2.19. The van der Waals surface area contributed by atoms with Gasteiger partial charge in [-0.05, 0) is 40.8 Å². The van der Waals surface area contributed by atoms with Gasteiger partial charge in [0.05, 0.1) is 0 Å². The summed E-state index contributed by atoms with van der Waals surface area (Å²) in [6.45, 7) is 4.41. The Morgan fingerprint density at radius 1 is 1.00 bits per heavy atom. The van der Waals surface area contributed by atoms with Crippen LogP contribution in [0.4, 0.5) is 10.1 Å². The second-order valence-electron chi connectivity index (χ2n) is 7.53. The Morgan fingerprint density at radius 3 is 2.21 bits per heavy atom. The lowest BCUT2D eigenvalue weighted by molar-refractivity contribution is 0.452. The second kappa shape index (κ2) is 9.06. The van der Waals surface area contributed by atoms with Crippen molar-refractivity contribution in [1.29, 1.82) is 0 Å². The van der Waals surface area contributed by atoms with E-state index in [1.165, 1.54) is 11.6 Å². The maximum Gasteiger partial charge on any atom is 0.133 e. The fraction of sp³-hybridized carbons (Fsp3) is 0.250. The molecule has 0 saturated carbocycles. The summed E-state index contributed by atoms with van der Waals surface area (Å²) < 4.78 is 14.9. The zero-order chi connectivity index (χ0) is 21.1. The van der Waals surface area contributed by atoms with Crippen molar-refractivity contribution >= 4 is 28.9 Å². The summed E-state index contributed by atoms with van der Waals surface area (Å²) in [5.41, 5.74) is 3.51. The molecule has 3 aromatic carbocycles. The number of halogens is 3. The number of phenolic OH excluding ortho intramolecular Hbond substituents is 1. The third-order valence-electron chi connectivity index (χ3n) is 5.01. The zero-order valence-corrected chi connectivity index (χ0v) is 18.2. The van der Waals surface area contributed by atoms with Gasteiger partial charge in [0.1, 0.15) is 11.6 Å². The second-order valence-corrected chi connectivity index (χ2v) is 8.35. The molecule has 0 bridgehead atoms. The van der Waals surface area contributed by atoms with E-state index in [1.807, 2.05) is 51.2 Å². The van der Waals surface area contributed by atoms with Crippen LogP contribution in [0.5, 0.6) is 5.75 Å². The van der Waals surface area contributed by atoms with Crippen LogP contribution in [0.15, 0.2) is 54.6 Å². The van der Waals surface area contributed by atoms with Crippen LogP contribution in [-0.4, -0.2) is 12.2 Å². The van der Waals surface area contributed by atoms with Gasteiger partial charge in [-0.2, -0.15) is 0 Å². The Bertz CT molecular complexity index is 982. The van der Waals surface area contributed by atoms with E-state index in [4.69, 9.17) is 23.2 Å². The fourth-order valence-electron chi connectivity index (χ4n) is 3.43. The predicted molar refractivity (Wildman–Crippen MR) is 120 cm³/mol. The average Bonchev–Trinajstić information content (AvgIpc) is 2.66. The Kier molecular flexibility index (Phi) is 6.71. The van der Waals surface area contributed by atoms with E-state index in [2.05, 4.69) is 17.0 Å². The van der Waals surface area contributed by atoms with Gasteiger partial charge in [-0.15, -0.1) is 0 Å². The number of hydrogen-bond donors (Lipinski definition) is 1. The minimum Gasteiger partial charge on any atom is -0.508 e. The summed E-state index contributed by atoms with van der Waals surface area (Å²) in [4.78, 5) is 2.06. The van der Waals surface area contributed by atoms with E-state index in [0.717, 1.165) is 12.2 Å². The molecule has 0 aromatic heterocycles. The van der Waals surface area contributed by atoms with Gasteiger partial charge in [-0.25, -0.2) is 4.39 Å². The van der Waals surface area contributed by atoms with Crippen molar-refractivity contribution in [3.05, 3.63) is 92.7 Å². The van der Waals surface area contributed by atoms with Gasteiger partial charge in [0.15, 0.2) is 0 Å². The lowest BCUT2D eigenvalue weighted by atomic mass is 9.95. The van der Waals surface area contributed by atoms with Crippen LogP contribution in [0.1, 0.15) is 42.0 Å². The monoisotopic (exact) mass is 431 g/mol. The van der Waals surface area contributed by atoms with Gasteiger partial charge in [-0.1, -0.05) is 73.4 Å². The van der Waals surface area contributed by atoms with Crippen LogP contribution in [0.2, 0.25) is 10.0 Å². The maximum absolute atomic E-state index is 14.9. The molecule has 0 aliphatic rings. The summed E-state index contributed by atoms with van der Waals surface area (Å²) in [6, 6.07) is 16.9. The number of rotatable bonds is 6. The van der Waals surface area contributed by atoms with Gasteiger partial charge in [0.25, 0.3) is 0 Å². The Balaban J connectivity index is 1.88. The summed E-state index contributed by atoms with van der Waals surface area (Å²) in [5, 5.41) is 11.0. The van der Waals surface area contributed by atoms with Crippen LogP contribution >= 0.6 is 23.2 Å². The first kappa shape index (κ1) is 21.5. The van der Waals surface area contributed by atoms with Crippen molar-refractivity contribution in [2.45, 2.75) is 32.7 Å². The van der Waals surface area contributed by atoms with E-state index in [0.29, 0.717) is 26.7 Å². The van der Waals surface area contributed by atoms with Crippen LogP contribution in [0, 0.1) is 5.82 Å². The highest BCUT2D eigenvalue weighted by atomic mass is 35.5. The molecular formula is C24H24Cl2FNO. The Labute approximate surface area is 181 Å². The number of anilines is 1. The number of nitrogens with zero attached hydrogens (tertiary/aromatic N) is 1. The summed E-state index contributed by atoms with van der Waals surface area (Å²) >= 11 is 13.1. The van der Waals surface area contributed by atoms with Gasteiger partial charge in [-0.3, -0.25) is 0 Å². The summed E-state index contributed by atoms with van der Waals surface area (Å²) in [7, 11) is 1.98. The number of aromatic hydroxyl groups is 1. The molecule has 0 aliphatic carbocycles. The van der Waals surface area contributed by atoms with Crippen molar-refractivity contribution in [2.24, 2.45) is 0 Å². The molecule has 0 saturated heterocycles. The van der Waals surface area contributed by atoms with Crippen LogP contribution < -0.4 is 4.90 Å². The fourth-order valence-corrected chi connectivity index (χ4v) is 4.04. The first-order chi connectivity index (χ1) is 13.8. The Hall–Kier alpha value is -2.23. The SMILES string of the molecule is CC(C)c1c(O)ccc(Cc2c(Cl)cc(N(C)Cc3ccccc3)cc2Cl)c1F. The van der Waals surface area contributed by atoms with E-state index in [1.54, 1.807) is 6.07 Å². The number of benzene rings is 3. The smallest absolute Gasteiger partial charge is 0.133 e. The highest BCUT2D eigenvalue weighted by molar-refractivity contribution is 6.36. The largest absolute Gasteiger partial charge is 0.508 e. The molecule has 0 atom stereocenters. The minimum atomic E-state index is -0.405. The van der Waals surface area contributed by atoms with Gasteiger partial charge in [0.2, 0.25) is 0 Å². The first-order valence-corrected chi connectivity index (χ1v) is 10.3. The standard InChI is InChI=1S/C24H24Cl2FNO/c1-15(2)23-22(29)10-9-17(24(23)27)11-19-20(25)12-18(13-21(19)26)28(3)14-16-7-5-4-6-8-16/h4-10,12-13,15,29H,11,14H2,1-3H3. The van der Waals surface area contributed by atoms with Crippen molar-refractivity contribution in [2.75, 3.05) is 11.9 Å². The molecule has 5 heteroatoms. The quantitative estimate of drug-likeness (QED) is 0.446. The molecule has 2 nitrogen and oxygen atoms in total. The van der Waals surface area contributed by atoms with E-state index in [9.17, 15) is 9.50 Å². The molecule has 29 heavy (non-hydrogen) atoms. The normalized spacial score (nSPS) is 11.1. The molecule has 0 radical (unpaired) electrons. The van der Waals surface area contributed by atoms with Crippen molar-refractivity contribution < 1.29 is 9.50 Å². The Morgan fingerprint density at radius 2 is 1.62 bits per heavy atom. The molecule has 3 aromatic rings. The van der Waals surface area contributed by atoms with Crippen LogP contribution in [0.25, 0.3) is 0 Å². The highest BCUT2D eigenvalue weighted by Crippen LogP contribution is 2.36. The summed E-state index contributed by atoms with van der Waals surface area (Å²) in [6.07, 6.45) is 0.256. The molecule has 0 fully saturated rings. The van der Waals surface area contributed by atoms with Gasteiger partial charge in [0, 0.05) is 41.3 Å². The molecule has 0 unspecified atom stereocenters. The van der Waals surface area contributed by atoms with Gasteiger partial charge < -0.3 is 10.0 Å². The third kappa shape index (κ3) is 4.85. The predicted octanol–water partition coefficient (Wildman–Crippen LogP) is 7.19. The molecule has 0 amide bonds. The third-order valence-corrected chi connectivity index (χ3v) is 5.68. The molecular weight excluding hydrogens is 408 g/mol. The van der Waals surface area contributed by atoms with E-state index >= 15 is 0 Å². The molecule has 0 heterocycles. The average molecular weight is 432 g/mol.